The number of alkyl halides is 3. The van der Waals surface area contributed by atoms with Crippen molar-refractivity contribution in [1.29, 1.82) is 0 Å². The Morgan fingerprint density at radius 1 is 1.57 bits per heavy atom. The van der Waals surface area contributed by atoms with Gasteiger partial charge in [-0.3, -0.25) is 5.10 Å². The molecule has 0 amide bonds. The van der Waals surface area contributed by atoms with E-state index in [-0.39, 0.29) is 12.0 Å². The number of halogens is 3. The van der Waals surface area contributed by atoms with Crippen molar-refractivity contribution in [2.24, 2.45) is 0 Å². The Hall–Kier alpha value is -1.04. The summed E-state index contributed by atoms with van der Waals surface area (Å²) in [6, 6.07) is 0. The summed E-state index contributed by atoms with van der Waals surface area (Å²) in [6.45, 7) is 1.54. The standard InChI is InChI=1S/C8H11F3N2O/c1-5(14)2-3-6-4-12-13-7(6)8(9,10)11/h4-5,14H,2-3H2,1H3,(H,12,13). The molecule has 1 rings (SSSR count). The van der Waals surface area contributed by atoms with E-state index in [0.717, 1.165) is 6.20 Å². The van der Waals surface area contributed by atoms with E-state index in [1.165, 1.54) is 6.92 Å². The van der Waals surface area contributed by atoms with Crippen molar-refractivity contribution in [1.82, 2.24) is 10.2 Å². The zero-order chi connectivity index (χ0) is 10.8. The van der Waals surface area contributed by atoms with Crippen LogP contribution in [0.2, 0.25) is 0 Å². The Bertz CT molecular complexity index is 293. The topological polar surface area (TPSA) is 48.9 Å². The lowest BCUT2D eigenvalue weighted by molar-refractivity contribution is -0.141. The average Bonchev–Trinajstić information content (AvgIpc) is 2.46. The number of nitrogens with zero attached hydrogens (tertiary/aromatic N) is 1. The van der Waals surface area contributed by atoms with Gasteiger partial charge in [0.1, 0.15) is 5.69 Å². The van der Waals surface area contributed by atoms with E-state index in [1.54, 1.807) is 0 Å². The van der Waals surface area contributed by atoms with Crippen LogP contribution < -0.4 is 0 Å². The molecule has 2 N–H and O–H groups in total. The third-order valence-corrected chi connectivity index (χ3v) is 1.83. The largest absolute Gasteiger partial charge is 0.433 e. The molecule has 0 saturated carbocycles. The lowest BCUT2D eigenvalue weighted by Crippen LogP contribution is -2.10. The maximum atomic E-state index is 12.3. The van der Waals surface area contributed by atoms with E-state index in [1.807, 2.05) is 5.10 Å². The van der Waals surface area contributed by atoms with Crippen LogP contribution in [0, 0.1) is 0 Å². The molecule has 0 radical (unpaired) electrons. The molecule has 14 heavy (non-hydrogen) atoms. The zero-order valence-corrected chi connectivity index (χ0v) is 7.60. The molecule has 0 fully saturated rings. The minimum Gasteiger partial charge on any atom is -0.393 e. The van der Waals surface area contributed by atoms with E-state index < -0.39 is 18.0 Å². The Balaban J connectivity index is 2.73. The molecule has 1 aromatic rings. The van der Waals surface area contributed by atoms with Crippen molar-refractivity contribution in [2.75, 3.05) is 0 Å². The second-order valence-electron chi connectivity index (χ2n) is 3.16. The van der Waals surface area contributed by atoms with Gasteiger partial charge >= 0.3 is 6.18 Å². The second kappa shape index (κ2) is 4.00. The lowest BCUT2D eigenvalue weighted by atomic mass is 10.1. The number of aliphatic hydroxyl groups excluding tert-OH is 1. The molecule has 1 atom stereocenters. The van der Waals surface area contributed by atoms with Crippen LogP contribution in [0.4, 0.5) is 13.2 Å². The molecular formula is C8H11F3N2O. The SMILES string of the molecule is CC(O)CCc1cn[nH]c1C(F)(F)F. The highest BCUT2D eigenvalue weighted by molar-refractivity contribution is 5.19. The van der Waals surface area contributed by atoms with Crippen molar-refractivity contribution in [2.45, 2.75) is 32.0 Å². The van der Waals surface area contributed by atoms with Crippen LogP contribution >= 0.6 is 0 Å². The summed E-state index contributed by atoms with van der Waals surface area (Å²) in [5.74, 6) is 0. The molecule has 6 heteroatoms. The summed E-state index contributed by atoms with van der Waals surface area (Å²) in [5, 5.41) is 14.2. The fourth-order valence-corrected chi connectivity index (χ4v) is 1.11. The molecule has 1 aromatic heterocycles. The third-order valence-electron chi connectivity index (χ3n) is 1.83. The van der Waals surface area contributed by atoms with Gasteiger partial charge in [0.15, 0.2) is 0 Å². The number of aliphatic hydroxyl groups is 1. The maximum Gasteiger partial charge on any atom is 0.433 e. The van der Waals surface area contributed by atoms with E-state index >= 15 is 0 Å². The number of aromatic amines is 1. The van der Waals surface area contributed by atoms with E-state index in [0.29, 0.717) is 6.42 Å². The highest BCUT2D eigenvalue weighted by Gasteiger charge is 2.35. The van der Waals surface area contributed by atoms with Gasteiger partial charge in [0.05, 0.1) is 12.3 Å². The number of hydrogen-bond donors (Lipinski definition) is 2. The molecule has 0 bridgehead atoms. The molecule has 0 aromatic carbocycles. The van der Waals surface area contributed by atoms with Gasteiger partial charge in [-0.05, 0) is 19.8 Å². The molecule has 0 aliphatic carbocycles. The summed E-state index contributed by atoms with van der Waals surface area (Å²) in [5.41, 5.74) is -0.725. The van der Waals surface area contributed by atoms with Crippen molar-refractivity contribution in [3.63, 3.8) is 0 Å². The molecule has 80 valence electrons. The van der Waals surface area contributed by atoms with Crippen LogP contribution in [0.25, 0.3) is 0 Å². The molecule has 0 spiro atoms. The molecule has 0 aliphatic heterocycles. The summed E-state index contributed by atoms with van der Waals surface area (Å²) < 4.78 is 36.8. The van der Waals surface area contributed by atoms with E-state index in [2.05, 4.69) is 5.10 Å². The van der Waals surface area contributed by atoms with Crippen LogP contribution in [-0.4, -0.2) is 21.4 Å². The fourth-order valence-electron chi connectivity index (χ4n) is 1.11. The Labute approximate surface area is 78.9 Å². The number of hydrogen-bond acceptors (Lipinski definition) is 2. The number of aromatic nitrogens is 2. The molecule has 3 nitrogen and oxygen atoms in total. The van der Waals surface area contributed by atoms with Crippen LogP contribution in [0.3, 0.4) is 0 Å². The first-order valence-corrected chi connectivity index (χ1v) is 4.18. The minimum absolute atomic E-state index is 0.0957. The van der Waals surface area contributed by atoms with Gasteiger partial charge in [-0.1, -0.05) is 0 Å². The Morgan fingerprint density at radius 3 is 2.71 bits per heavy atom. The number of aryl methyl sites for hydroxylation is 1. The monoisotopic (exact) mass is 208 g/mol. The Morgan fingerprint density at radius 2 is 2.21 bits per heavy atom. The summed E-state index contributed by atoms with van der Waals surface area (Å²) in [4.78, 5) is 0. The first-order chi connectivity index (χ1) is 6.41. The van der Waals surface area contributed by atoms with E-state index in [9.17, 15) is 13.2 Å². The molecule has 0 saturated heterocycles. The molecule has 0 aliphatic rings. The van der Waals surface area contributed by atoms with Crippen LogP contribution in [0.5, 0.6) is 0 Å². The molecular weight excluding hydrogens is 197 g/mol. The van der Waals surface area contributed by atoms with E-state index in [4.69, 9.17) is 5.11 Å². The highest BCUT2D eigenvalue weighted by atomic mass is 19.4. The fraction of sp³-hybridized carbons (Fsp3) is 0.625. The summed E-state index contributed by atoms with van der Waals surface area (Å²) in [6.07, 6.45) is -3.40. The minimum atomic E-state index is -4.40. The average molecular weight is 208 g/mol. The van der Waals surface area contributed by atoms with Crippen molar-refractivity contribution >= 4 is 0 Å². The Kier molecular flexibility index (Phi) is 3.15. The van der Waals surface area contributed by atoms with Gasteiger partial charge in [0.2, 0.25) is 0 Å². The number of nitrogens with one attached hydrogen (secondary N) is 1. The predicted octanol–water partition coefficient (Wildman–Crippen LogP) is 1.74. The molecule has 1 unspecified atom stereocenters. The summed E-state index contributed by atoms with van der Waals surface area (Å²) >= 11 is 0. The zero-order valence-electron chi connectivity index (χ0n) is 7.60. The van der Waals surface area contributed by atoms with Crippen LogP contribution in [0.1, 0.15) is 24.6 Å². The highest BCUT2D eigenvalue weighted by Crippen LogP contribution is 2.30. The van der Waals surface area contributed by atoms with Gasteiger partial charge in [-0.25, -0.2) is 0 Å². The first kappa shape index (κ1) is 11.0. The van der Waals surface area contributed by atoms with Gasteiger partial charge in [-0.2, -0.15) is 18.3 Å². The normalized spacial score (nSPS) is 14.4. The maximum absolute atomic E-state index is 12.3. The van der Waals surface area contributed by atoms with Crippen molar-refractivity contribution in [3.05, 3.63) is 17.5 Å². The van der Waals surface area contributed by atoms with Crippen LogP contribution in [-0.2, 0) is 12.6 Å². The van der Waals surface area contributed by atoms with Gasteiger partial charge in [0.25, 0.3) is 0 Å². The molecule has 1 heterocycles. The quantitative estimate of drug-likeness (QED) is 0.794. The van der Waals surface area contributed by atoms with Crippen molar-refractivity contribution < 1.29 is 18.3 Å². The van der Waals surface area contributed by atoms with Crippen LogP contribution in [0.15, 0.2) is 6.20 Å². The van der Waals surface area contributed by atoms with Crippen molar-refractivity contribution in [3.8, 4) is 0 Å². The smallest absolute Gasteiger partial charge is 0.393 e. The lowest BCUT2D eigenvalue weighted by Gasteiger charge is -2.07. The first-order valence-electron chi connectivity index (χ1n) is 4.18. The van der Waals surface area contributed by atoms with Gasteiger partial charge in [-0.15, -0.1) is 0 Å². The third kappa shape index (κ3) is 2.73. The van der Waals surface area contributed by atoms with Gasteiger partial charge in [0, 0.05) is 5.56 Å². The number of rotatable bonds is 3. The second-order valence-corrected chi connectivity index (χ2v) is 3.16. The predicted molar refractivity (Wildman–Crippen MR) is 43.6 cm³/mol. The number of H-pyrrole nitrogens is 1. The van der Waals surface area contributed by atoms with Gasteiger partial charge < -0.3 is 5.11 Å². The summed E-state index contributed by atoms with van der Waals surface area (Å²) in [7, 11) is 0.